The Labute approximate surface area is 173 Å². The Morgan fingerprint density at radius 2 is 1.93 bits per heavy atom. The molecule has 0 radical (unpaired) electrons. The lowest BCUT2D eigenvalue weighted by molar-refractivity contribution is -0.123. The van der Waals surface area contributed by atoms with Crippen LogP contribution in [-0.2, 0) is 9.53 Å². The maximum atomic E-state index is 12.1. The summed E-state index contributed by atoms with van der Waals surface area (Å²) < 4.78 is 21.6. The highest BCUT2D eigenvalue weighted by molar-refractivity contribution is 5.93. The number of nitrogens with one attached hydrogen (secondary N) is 1. The Balaban J connectivity index is 1.48. The van der Waals surface area contributed by atoms with E-state index in [1.807, 2.05) is 30.3 Å². The quantitative estimate of drug-likeness (QED) is 0.604. The van der Waals surface area contributed by atoms with E-state index in [2.05, 4.69) is 5.32 Å². The van der Waals surface area contributed by atoms with Gasteiger partial charge in [0, 0.05) is 30.7 Å². The van der Waals surface area contributed by atoms with E-state index in [9.17, 15) is 9.59 Å². The smallest absolute Gasteiger partial charge is 0.336 e. The molecule has 3 aromatic rings. The van der Waals surface area contributed by atoms with Crippen molar-refractivity contribution in [2.45, 2.75) is 18.9 Å². The highest BCUT2D eigenvalue weighted by atomic mass is 16.5. The van der Waals surface area contributed by atoms with Gasteiger partial charge >= 0.3 is 5.63 Å². The van der Waals surface area contributed by atoms with Gasteiger partial charge in [-0.15, -0.1) is 0 Å². The van der Waals surface area contributed by atoms with E-state index >= 15 is 0 Å². The number of methoxy groups -OCH3 is 1. The third kappa shape index (κ3) is 4.63. The number of carbonyl (C=O) groups is 1. The first-order valence-electron chi connectivity index (χ1n) is 9.86. The molecule has 1 aliphatic rings. The Hall–Kier alpha value is -3.32. The topological polar surface area (TPSA) is 87.0 Å². The van der Waals surface area contributed by atoms with E-state index in [0.717, 1.165) is 41.7 Å². The molecule has 0 unspecified atom stereocenters. The zero-order valence-electron chi connectivity index (χ0n) is 16.7. The Morgan fingerprint density at radius 3 is 2.67 bits per heavy atom. The van der Waals surface area contributed by atoms with Crippen molar-refractivity contribution in [3.63, 3.8) is 0 Å². The number of hydrogen-bond acceptors (Lipinski definition) is 6. The number of benzene rings is 2. The van der Waals surface area contributed by atoms with Crippen LogP contribution in [0, 0.1) is 0 Å². The molecule has 1 amide bonds. The molecule has 0 bridgehead atoms. The number of rotatable bonds is 7. The summed E-state index contributed by atoms with van der Waals surface area (Å²) in [7, 11) is 1.60. The van der Waals surface area contributed by atoms with Gasteiger partial charge in [0.05, 0.1) is 13.2 Å². The molecule has 1 aromatic heterocycles. The van der Waals surface area contributed by atoms with Gasteiger partial charge in [0.25, 0.3) is 5.91 Å². The second-order valence-corrected chi connectivity index (χ2v) is 7.09. The van der Waals surface area contributed by atoms with Crippen LogP contribution in [0.5, 0.6) is 11.5 Å². The summed E-state index contributed by atoms with van der Waals surface area (Å²) in [6, 6.07) is 14.1. The van der Waals surface area contributed by atoms with E-state index in [1.54, 1.807) is 19.2 Å². The number of ether oxygens (including phenoxy) is 3. The first kappa shape index (κ1) is 20.0. The van der Waals surface area contributed by atoms with Gasteiger partial charge < -0.3 is 23.9 Å². The van der Waals surface area contributed by atoms with Crippen molar-refractivity contribution in [2.24, 2.45) is 0 Å². The summed E-state index contributed by atoms with van der Waals surface area (Å²) in [6.07, 6.45) is 2.07. The highest BCUT2D eigenvalue weighted by Gasteiger charge is 2.16. The Kier molecular flexibility index (Phi) is 5.99. The van der Waals surface area contributed by atoms with Crippen molar-refractivity contribution < 1.29 is 23.4 Å². The van der Waals surface area contributed by atoms with Gasteiger partial charge in [0.15, 0.2) is 6.61 Å². The van der Waals surface area contributed by atoms with Crippen LogP contribution < -0.4 is 20.4 Å². The van der Waals surface area contributed by atoms with Crippen molar-refractivity contribution in [3.8, 4) is 22.6 Å². The lowest BCUT2D eigenvalue weighted by Gasteiger charge is -2.12. The van der Waals surface area contributed by atoms with Crippen LogP contribution in [0.25, 0.3) is 22.1 Å². The Morgan fingerprint density at radius 1 is 1.13 bits per heavy atom. The normalized spacial score (nSPS) is 15.8. The number of amides is 1. The molecule has 0 spiro atoms. The molecule has 1 aliphatic heterocycles. The van der Waals surface area contributed by atoms with E-state index in [-0.39, 0.29) is 18.6 Å². The van der Waals surface area contributed by atoms with Gasteiger partial charge in [-0.05, 0) is 48.2 Å². The standard InChI is InChI=1S/C23H23NO6/c1-27-16-6-4-15(5-7-16)20-12-23(26)30-21-11-17(8-9-19(20)21)29-14-22(25)24-13-18-3-2-10-28-18/h4-9,11-12,18H,2-3,10,13-14H2,1H3,(H,24,25)/t18-/m1/s1. The monoisotopic (exact) mass is 409 g/mol. The molecule has 1 N–H and O–H groups in total. The molecule has 1 fully saturated rings. The van der Waals surface area contributed by atoms with E-state index in [0.29, 0.717) is 17.9 Å². The molecule has 0 saturated carbocycles. The fourth-order valence-corrected chi connectivity index (χ4v) is 3.48. The molecular formula is C23H23NO6. The molecule has 1 saturated heterocycles. The molecule has 7 heteroatoms. The van der Waals surface area contributed by atoms with Crippen molar-refractivity contribution in [2.75, 3.05) is 26.9 Å². The molecule has 30 heavy (non-hydrogen) atoms. The SMILES string of the molecule is COc1ccc(-c2cc(=O)oc3cc(OCC(=O)NC[C@H]4CCCO4)ccc23)cc1. The second kappa shape index (κ2) is 9.00. The summed E-state index contributed by atoms with van der Waals surface area (Å²) in [5, 5.41) is 3.58. The lowest BCUT2D eigenvalue weighted by Crippen LogP contribution is -2.35. The maximum absolute atomic E-state index is 12.1. The van der Waals surface area contributed by atoms with Crippen LogP contribution in [0.3, 0.4) is 0 Å². The van der Waals surface area contributed by atoms with Crippen LogP contribution in [0.15, 0.2) is 57.7 Å². The molecular weight excluding hydrogens is 386 g/mol. The fraction of sp³-hybridized carbons (Fsp3) is 0.304. The molecule has 2 heterocycles. The van der Waals surface area contributed by atoms with Crippen LogP contribution in [0.2, 0.25) is 0 Å². The minimum Gasteiger partial charge on any atom is -0.497 e. The van der Waals surface area contributed by atoms with Crippen LogP contribution in [0.4, 0.5) is 0 Å². The predicted octanol–water partition coefficient (Wildman–Crippen LogP) is 3.14. The molecule has 7 nitrogen and oxygen atoms in total. The van der Waals surface area contributed by atoms with Gasteiger partial charge in [0.2, 0.25) is 0 Å². The van der Waals surface area contributed by atoms with Crippen molar-refractivity contribution in [1.29, 1.82) is 0 Å². The summed E-state index contributed by atoms with van der Waals surface area (Å²) in [5.74, 6) is 0.961. The summed E-state index contributed by atoms with van der Waals surface area (Å²) >= 11 is 0. The van der Waals surface area contributed by atoms with Gasteiger partial charge in [0.1, 0.15) is 17.1 Å². The lowest BCUT2D eigenvalue weighted by atomic mass is 10.0. The van der Waals surface area contributed by atoms with Gasteiger partial charge in [-0.1, -0.05) is 12.1 Å². The van der Waals surface area contributed by atoms with Crippen LogP contribution in [0.1, 0.15) is 12.8 Å². The first-order valence-corrected chi connectivity index (χ1v) is 9.86. The van der Waals surface area contributed by atoms with Gasteiger partial charge in [-0.3, -0.25) is 4.79 Å². The number of carbonyl (C=O) groups excluding carboxylic acids is 1. The van der Waals surface area contributed by atoms with E-state index < -0.39 is 5.63 Å². The largest absolute Gasteiger partial charge is 0.497 e. The van der Waals surface area contributed by atoms with Crippen molar-refractivity contribution >= 4 is 16.9 Å². The minimum absolute atomic E-state index is 0.0836. The zero-order chi connectivity index (χ0) is 20.9. The zero-order valence-corrected chi connectivity index (χ0v) is 16.7. The third-order valence-corrected chi connectivity index (χ3v) is 5.04. The first-order chi connectivity index (χ1) is 14.6. The van der Waals surface area contributed by atoms with E-state index in [1.165, 1.54) is 6.07 Å². The van der Waals surface area contributed by atoms with Crippen LogP contribution >= 0.6 is 0 Å². The highest BCUT2D eigenvalue weighted by Crippen LogP contribution is 2.30. The summed E-state index contributed by atoms with van der Waals surface area (Å²) in [5.41, 5.74) is 1.56. The van der Waals surface area contributed by atoms with Crippen molar-refractivity contribution in [3.05, 3.63) is 59.0 Å². The molecule has 2 aromatic carbocycles. The predicted molar refractivity (Wildman–Crippen MR) is 112 cm³/mol. The Bertz CT molecular complexity index is 1080. The van der Waals surface area contributed by atoms with Crippen LogP contribution in [-0.4, -0.2) is 38.9 Å². The second-order valence-electron chi connectivity index (χ2n) is 7.09. The maximum Gasteiger partial charge on any atom is 0.336 e. The average molecular weight is 409 g/mol. The number of hydrogen-bond donors (Lipinski definition) is 1. The summed E-state index contributed by atoms with van der Waals surface area (Å²) in [4.78, 5) is 24.1. The van der Waals surface area contributed by atoms with Crippen molar-refractivity contribution in [1.82, 2.24) is 5.32 Å². The van der Waals surface area contributed by atoms with Gasteiger partial charge in [-0.2, -0.15) is 0 Å². The van der Waals surface area contributed by atoms with Gasteiger partial charge in [-0.25, -0.2) is 4.79 Å². The molecule has 0 aliphatic carbocycles. The van der Waals surface area contributed by atoms with E-state index in [4.69, 9.17) is 18.6 Å². The fourth-order valence-electron chi connectivity index (χ4n) is 3.48. The molecule has 4 rings (SSSR count). The minimum atomic E-state index is -0.459. The average Bonchev–Trinajstić information content (AvgIpc) is 3.29. The number of fused-ring (bicyclic) bond motifs is 1. The third-order valence-electron chi connectivity index (χ3n) is 5.04. The molecule has 156 valence electrons. The summed E-state index contributed by atoms with van der Waals surface area (Å²) in [6.45, 7) is 1.11. The molecule has 1 atom stereocenters.